The molecule has 0 fully saturated rings. The number of thioether (sulfide) groups is 1. The zero-order valence-corrected chi connectivity index (χ0v) is 13.1. The van der Waals surface area contributed by atoms with Gasteiger partial charge in [0.2, 0.25) is 6.79 Å². The molecule has 1 amide bonds. The van der Waals surface area contributed by atoms with Crippen molar-refractivity contribution in [1.82, 2.24) is 5.32 Å². The topological polar surface area (TPSA) is 47.6 Å². The second kappa shape index (κ2) is 6.75. The molecule has 0 saturated carbocycles. The number of hydrogen-bond acceptors (Lipinski definition) is 4. The predicted molar refractivity (Wildman–Crippen MR) is 86.8 cm³/mol. The minimum Gasteiger partial charge on any atom is -0.454 e. The minimum atomic E-state index is -0.0364. The zero-order chi connectivity index (χ0) is 15.4. The quantitative estimate of drug-likeness (QED) is 0.861. The fourth-order valence-corrected chi connectivity index (χ4v) is 2.94. The van der Waals surface area contributed by atoms with E-state index in [4.69, 9.17) is 9.47 Å². The van der Waals surface area contributed by atoms with E-state index in [1.807, 2.05) is 48.7 Å². The fourth-order valence-electron chi connectivity index (χ4n) is 2.34. The van der Waals surface area contributed by atoms with Gasteiger partial charge in [-0.25, -0.2) is 0 Å². The van der Waals surface area contributed by atoms with Gasteiger partial charge in [-0.05, 0) is 42.5 Å². The second-order valence-corrected chi connectivity index (χ2v) is 5.74. The van der Waals surface area contributed by atoms with Crippen LogP contribution in [0, 0.1) is 0 Å². The van der Waals surface area contributed by atoms with E-state index in [1.54, 1.807) is 11.8 Å². The molecule has 22 heavy (non-hydrogen) atoms. The van der Waals surface area contributed by atoms with Crippen molar-refractivity contribution in [1.29, 1.82) is 0 Å². The second-order valence-electron chi connectivity index (χ2n) is 4.89. The highest BCUT2D eigenvalue weighted by Crippen LogP contribution is 2.32. The largest absolute Gasteiger partial charge is 0.454 e. The summed E-state index contributed by atoms with van der Waals surface area (Å²) >= 11 is 1.58. The van der Waals surface area contributed by atoms with E-state index >= 15 is 0 Å². The Morgan fingerprint density at radius 3 is 2.86 bits per heavy atom. The molecule has 0 radical (unpaired) electrons. The van der Waals surface area contributed by atoms with Gasteiger partial charge >= 0.3 is 0 Å². The van der Waals surface area contributed by atoms with Crippen molar-refractivity contribution in [2.45, 2.75) is 11.3 Å². The number of hydrogen-bond donors (Lipinski definition) is 1. The molecular weight excluding hydrogens is 298 g/mol. The Morgan fingerprint density at radius 2 is 2.00 bits per heavy atom. The number of rotatable bonds is 5. The van der Waals surface area contributed by atoms with Crippen LogP contribution in [-0.4, -0.2) is 25.5 Å². The monoisotopic (exact) mass is 315 g/mol. The lowest BCUT2D eigenvalue weighted by atomic mass is 10.1. The van der Waals surface area contributed by atoms with Crippen LogP contribution in [0.25, 0.3) is 0 Å². The van der Waals surface area contributed by atoms with Crippen LogP contribution in [-0.2, 0) is 6.42 Å². The number of amides is 1. The van der Waals surface area contributed by atoms with E-state index in [2.05, 4.69) is 5.32 Å². The van der Waals surface area contributed by atoms with Gasteiger partial charge in [0.15, 0.2) is 11.5 Å². The van der Waals surface area contributed by atoms with Gasteiger partial charge in [0, 0.05) is 11.4 Å². The molecule has 5 heteroatoms. The molecule has 0 saturated heterocycles. The Bertz CT molecular complexity index is 687. The molecule has 1 N–H and O–H groups in total. The Morgan fingerprint density at radius 1 is 1.18 bits per heavy atom. The van der Waals surface area contributed by atoms with Crippen LogP contribution in [0.2, 0.25) is 0 Å². The summed E-state index contributed by atoms with van der Waals surface area (Å²) < 4.78 is 10.6. The third-order valence-electron chi connectivity index (χ3n) is 3.49. The van der Waals surface area contributed by atoms with E-state index in [9.17, 15) is 4.79 Å². The smallest absolute Gasteiger partial charge is 0.252 e. The van der Waals surface area contributed by atoms with Crippen LogP contribution in [0.5, 0.6) is 11.5 Å². The van der Waals surface area contributed by atoms with Crippen molar-refractivity contribution in [3.05, 3.63) is 53.6 Å². The molecule has 1 aliphatic rings. The molecule has 0 spiro atoms. The van der Waals surface area contributed by atoms with E-state index < -0.39 is 0 Å². The highest BCUT2D eigenvalue weighted by Gasteiger charge is 2.13. The summed E-state index contributed by atoms with van der Waals surface area (Å²) in [6.07, 6.45) is 2.72. The Hall–Kier alpha value is -2.14. The first-order chi connectivity index (χ1) is 10.8. The molecule has 0 atom stereocenters. The normalized spacial score (nSPS) is 12.2. The van der Waals surface area contributed by atoms with Gasteiger partial charge in [0.1, 0.15) is 0 Å². The Kier molecular flexibility index (Phi) is 4.53. The molecule has 0 bridgehead atoms. The van der Waals surface area contributed by atoms with E-state index in [-0.39, 0.29) is 12.7 Å². The molecule has 4 nitrogen and oxygen atoms in total. The summed E-state index contributed by atoms with van der Waals surface area (Å²) in [4.78, 5) is 13.2. The average Bonchev–Trinajstić information content (AvgIpc) is 3.02. The molecule has 0 aliphatic carbocycles. The molecule has 1 aliphatic heterocycles. The lowest BCUT2D eigenvalue weighted by Gasteiger charge is -2.09. The van der Waals surface area contributed by atoms with Gasteiger partial charge in [-0.3, -0.25) is 4.79 Å². The number of nitrogens with one attached hydrogen (secondary N) is 1. The summed E-state index contributed by atoms with van der Waals surface area (Å²) in [6.45, 7) is 0.863. The van der Waals surface area contributed by atoms with Gasteiger partial charge in [-0.15, -0.1) is 11.8 Å². The van der Waals surface area contributed by atoms with Gasteiger partial charge in [-0.1, -0.05) is 18.2 Å². The summed E-state index contributed by atoms with van der Waals surface area (Å²) in [6, 6.07) is 13.5. The third-order valence-corrected chi connectivity index (χ3v) is 4.28. The number of carbonyl (C=O) groups is 1. The van der Waals surface area contributed by atoms with Crippen molar-refractivity contribution < 1.29 is 14.3 Å². The first kappa shape index (κ1) is 14.8. The summed E-state index contributed by atoms with van der Waals surface area (Å²) in [5.41, 5.74) is 1.84. The maximum atomic E-state index is 12.2. The Balaban J connectivity index is 1.58. The molecule has 2 aromatic carbocycles. The van der Waals surface area contributed by atoms with Crippen LogP contribution in [0.3, 0.4) is 0 Å². The zero-order valence-electron chi connectivity index (χ0n) is 12.3. The number of carbonyl (C=O) groups excluding carboxylic acids is 1. The summed E-state index contributed by atoms with van der Waals surface area (Å²) in [7, 11) is 0. The van der Waals surface area contributed by atoms with E-state index in [0.717, 1.165) is 33.9 Å². The molecular formula is C17H17NO3S. The first-order valence-electron chi connectivity index (χ1n) is 7.07. The standard InChI is InChI=1S/C17H17NO3S/c1-22-16-5-3-2-4-13(16)17(19)18-9-8-12-6-7-14-15(10-12)21-11-20-14/h2-7,10H,8-9,11H2,1H3,(H,18,19). The van der Waals surface area contributed by atoms with Crippen LogP contribution < -0.4 is 14.8 Å². The summed E-state index contributed by atoms with van der Waals surface area (Å²) in [5, 5.41) is 2.97. The van der Waals surface area contributed by atoms with Crippen molar-refractivity contribution in [3.63, 3.8) is 0 Å². The van der Waals surface area contributed by atoms with E-state index in [0.29, 0.717) is 6.54 Å². The highest BCUT2D eigenvalue weighted by molar-refractivity contribution is 7.98. The van der Waals surface area contributed by atoms with E-state index in [1.165, 1.54) is 0 Å². The number of benzene rings is 2. The first-order valence-corrected chi connectivity index (χ1v) is 8.30. The van der Waals surface area contributed by atoms with Crippen molar-refractivity contribution in [3.8, 4) is 11.5 Å². The van der Waals surface area contributed by atoms with Gasteiger partial charge < -0.3 is 14.8 Å². The molecule has 1 heterocycles. The minimum absolute atomic E-state index is 0.0364. The molecule has 0 aromatic heterocycles. The van der Waals surface area contributed by atoms with Crippen LogP contribution in [0.1, 0.15) is 15.9 Å². The highest BCUT2D eigenvalue weighted by atomic mass is 32.2. The van der Waals surface area contributed by atoms with Crippen molar-refractivity contribution in [2.24, 2.45) is 0 Å². The molecule has 114 valence electrons. The maximum Gasteiger partial charge on any atom is 0.252 e. The fraction of sp³-hybridized carbons (Fsp3) is 0.235. The summed E-state index contributed by atoms with van der Waals surface area (Å²) in [5.74, 6) is 1.52. The van der Waals surface area contributed by atoms with Crippen LogP contribution >= 0.6 is 11.8 Å². The van der Waals surface area contributed by atoms with Crippen molar-refractivity contribution in [2.75, 3.05) is 19.6 Å². The predicted octanol–water partition coefficient (Wildman–Crippen LogP) is 3.11. The van der Waals surface area contributed by atoms with Gasteiger partial charge in [0.25, 0.3) is 5.91 Å². The van der Waals surface area contributed by atoms with Crippen LogP contribution in [0.15, 0.2) is 47.4 Å². The average molecular weight is 315 g/mol. The lowest BCUT2D eigenvalue weighted by Crippen LogP contribution is -2.26. The number of fused-ring (bicyclic) bond motifs is 1. The molecule has 0 unspecified atom stereocenters. The molecule has 2 aromatic rings. The van der Waals surface area contributed by atoms with Gasteiger partial charge in [-0.2, -0.15) is 0 Å². The lowest BCUT2D eigenvalue weighted by molar-refractivity contribution is 0.0951. The molecule has 3 rings (SSSR count). The van der Waals surface area contributed by atoms with Gasteiger partial charge in [0.05, 0.1) is 5.56 Å². The third kappa shape index (κ3) is 3.20. The van der Waals surface area contributed by atoms with Crippen molar-refractivity contribution >= 4 is 17.7 Å². The Labute approximate surface area is 133 Å². The number of ether oxygens (including phenoxy) is 2. The SMILES string of the molecule is CSc1ccccc1C(=O)NCCc1ccc2c(c1)OCO2. The van der Waals surface area contributed by atoms with Crippen LogP contribution in [0.4, 0.5) is 0 Å². The maximum absolute atomic E-state index is 12.2.